The second kappa shape index (κ2) is 7.22. The van der Waals surface area contributed by atoms with E-state index in [1.807, 2.05) is 30.3 Å². The monoisotopic (exact) mass is 291 g/mol. The lowest BCUT2D eigenvalue weighted by molar-refractivity contribution is 0.178. The number of aromatic nitrogens is 2. The molecule has 0 aliphatic heterocycles. The van der Waals surface area contributed by atoms with E-state index in [0.717, 1.165) is 30.0 Å². The number of anilines is 1. The molecule has 0 fully saturated rings. The lowest BCUT2D eigenvalue weighted by Gasteiger charge is -2.09. The molecule has 0 saturated heterocycles. The van der Waals surface area contributed by atoms with Crippen molar-refractivity contribution in [3.8, 4) is 11.3 Å². The van der Waals surface area contributed by atoms with Gasteiger partial charge >= 0.3 is 0 Å². The molecule has 0 spiro atoms. The van der Waals surface area contributed by atoms with Gasteiger partial charge in [0.1, 0.15) is 12.4 Å². The summed E-state index contributed by atoms with van der Waals surface area (Å²) in [6.45, 7) is 3.39. The minimum Gasteiger partial charge on any atom is -0.377 e. The topological polar surface area (TPSA) is 47.0 Å². The van der Waals surface area contributed by atoms with E-state index in [4.69, 9.17) is 16.3 Å². The van der Waals surface area contributed by atoms with Crippen LogP contribution in [0.3, 0.4) is 0 Å². The summed E-state index contributed by atoms with van der Waals surface area (Å²) in [6.07, 6.45) is 1.04. The van der Waals surface area contributed by atoms with Crippen molar-refractivity contribution < 1.29 is 4.74 Å². The average Bonchev–Trinajstić information content (AvgIpc) is 2.46. The fourth-order valence-electron chi connectivity index (χ4n) is 1.80. The number of rotatable bonds is 6. The van der Waals surface area contributed by atoms with Gasteiger partial charge in [0.05, 0.1) is 5.69 Å². The first kappa shape index (κ1) is 14.8. The standard InChI is InChI=1S/C15H18ClN3O/c1-3-8-17-14-9-13(18-15(19-14)10-20-2)11-4-6-12(16)7-5-11/h4-7,9H,3,8,10H2,1-2H3,(H,17,18,19). The molecule has 1 aromatic heterocycles. The van der Waals surface area contributed by atoms with Crippen molar-refractivity contribution in [2.24, 2.45) is 0 Å². The molecule has 1 aromatic carbocycles. The van der Waals surface area contributed by atoms with Gasteiger partial charge < -0.3 is 10.1 Å². The molecule has 0 aliphatic carbocycles. The molecule has 2 aromatic rings. The Balaban J connectivity index is 2.34. The van der Waals surface area contributed by atoms with Crippen molar-refractivity contribution in [3.05, 3.63) is 41.2 Å². The first-order valence-corrected chi connectivity index (χ1v) is 6.97. The Morgan fingerprint density at radius 1 is 1.20 bits per heavy atom. The molecule has 4 nitrogen and oxygen atoms in total. The quantitative estimate of drug-likeness (QED) is 0.880. The van der Waals surface area contributed by atoms with E-state index < -0.39 is 0 Å². The molecule has 5 heteroatoms. The van der Waals surface area contributed by atoms with Crippen LogP contribution in [0.4, 0.5) is 5.82 Å². The number of halogens is 1. The van der Waals surface area contributed by atoms with E-state index >= 15 is 0 Å². The van der Waals surface area contributed by atoms with Gasteiger partial charge in [0.25, 0.3) is 0 Å². The van der Waals surface area contributed by atoms with Gasteiger partial charge in [-0.2, -0.15) is 0 Å². The highest BCUT2D eigenvalue weighted by Crippen LogP contribution is 2.22. The molecule has 0 saturated carbocycles. The van der Waals surface area contributed by atoms with Crippen molar-refractivity contribution in [1.82, 2.24) is 9.97 Å². The van der Waals surface area contributed by atoms with Crippen molar-refractivity contribution in [2.75, 3.05) is 19.0 Å². The second-order valence-corrected chi connectivity index (χ2v) is 4.86. The summed E-state index contributed by atoms with van der Waals surface area (Å²) in [6, 6.07) is 9.55. The zero-order chi connectivity index (χ0) is 14.4. The number of nitrogens with one attached hydrogen (secondary N) is 1. The van der Waals surface area contributed by atoms with Crippen LogP contribution in [0.1, 0.15) is 19.2 Å². The fourth-order valence-corrected chi connectivity index (χ4v) is 1.93. The third-order valence-corrected chi connectivity index (χ3v) is 2.99. The third kappa shape index (κ3) is 3.92. The molecule has 106 valence electrons. The summed E-state index contributed by atoms with van der Waals surface area (Å²) in [7, 11) is 1.64. The molecular formula is C15H18ClN3O. The minimum atomic E-state index is 0.391. The molecule has 0 aliphatic rings. The Kier molecular flexibility index (Phi) is 5.32. The summed E-state index contributed by atoms with van der Waals surface area (Å²) in [5.41, 5.74) is 1.87. The number of hydrogen-bond donors (Lipinski definition) is 1. The molecule has 20 heavy (non-hydrogen) atoms. The molecule has 1 N–H and O–H groups in total. The fraction of sp³-hybridized carbons (Fsp3) is 0.333. The third-order valence-electron chi connectivity index (χ3n) is 2.74. The molecule has 2 rings (SSSR count). The maximum Gasteiger partial charge on any atom is 0.157 e. The number of ether oxygens (including phenoxy) is 1. The Morgan fingerprint density at radius 2 is 1.95 bits per heavy atom. The SMILES string of the molecule is CCCNc1cc(-c2ccc(Cl)cc2)nc(COC)n1. The molecule has 1 heterocycles. The van der Waals surface area contributed by atoms with E-state index in [1.165, 1.54) is 0 Å². The van der Waals surface area contributed by atoms with Gasteiger partial charge in [-0.1, -0.05) is 30.7 Å². The van der Waals surface area contributed by atoms with Gasteiger partial charge in [0.2, 0.25) is 0 Å². The van der Waals surface area contributed by atoms with E-state index in [-0.39, 0.29) is 0 Å². The molecule has 0 amide bonds. The summed E-state index contributed by atoms with van der Waals surface area (Å²) < 4.78 is 5.12. The van der Waals surface area contributed by atoms with Gasteiger partial charge in [-0.3, -0.25) is 0 Å². The predicted molar refractivity (Wildman–Crippen MR) is 82.0 cm³/mol. The average molecular weight is 292 g/mol. The summed E-state index contributed by atoms with van der Waals surface area (Å²) >= 11 is 5.91. The van der Waals surface area contributed by atoms with Gasteiger partial charge in [0, 0.05) is 30.3 Å². The Bertz CT molecular complexity index is 558. The zero-order valence-electron chi connectivity index (χ0n) is 11.7. The van der Waals surface area contributed by atoms with Crippen molar-refractivity contribution >= 4 is 17.4 Å². The van der Waals surface area contributed by atoms with Crippen molar-refractivity contribution in [2.45, 2.75) is 20.0 Å². The van der Waals surface area contributed by atoms with Gasteiger partial charge in [-0.15, -0.1) is 0 Å². The van der Waals surface area contributed by atoms with Gasteiger partial charge in [-0.05, 0) is 18.6 Å². The highest BCUT2D eigenvalue weighted by Gasteiger charge is 2.06. The maximum atomic E-state index is 5.91. The second-order valence-electron chi connectivity index (χ2n) is 4.42. The van der Waals surface area contributed by atoms with Crippen LogP contribution < -0.4 is 5.32 Å². The van der Waals surface area contributed by atoms with Crippen LogP contribution in [-0.2, 0) is 11.3 Å². The van der Waals surface area contributed by atoms with Crippen LogP contribution in [0.15, 0.2) is 30.3 Å². The number of benzene rings is 1. The number of hydrogen-bond acceptors (Lipinski definition) is 4. The van der Waals surface area contributed by atoms with E-state index in [9.17, 15) is 0 Å². The Hall–Kier alpha value is -1.65. The Labute approximate surface area is 124 Å². The van der Waals surface area contributed by atoms with E-state index in [0.29, 0.717) is 17.5 Å². The smallest absolute Gasteiger partial charge is 0.157 e. The summed E-state index contributed by atoms with van der Waals surface area (Å²) in [5.74, 6) is 1.48. The summed E-state index contributed by atoms with van der Waals surface area (Å²) in [5, 5.41) is 3.99. The molecule has 0 unspecified atom stereocenters. The molecule has 0 bridgehead atoms. The summed E-state index contributed by atoms with van der Waals surface area (Å²) in [4.78, 5) is 8.94. The normalized spacial score (nSPS) is 10.6. The van der Waals surface area contributed by atoms with Crippen LogP contribution in [0.2, 0.25) is 5.02 Å². The van der Waals surface area contributed by atoms with Crippen LogP contribution >= 0.6 is 11.6 Å². The largest absolute Gasteiger partial charge is 0.377 e. The predicted octanol–water partition coefficient (Wildman–Crippen LogP) is 3.77. The molecule has 0 radical (unpaired) electrons. The maximum absolute atomic E-state index is 5.91. The lowest BCUT2D eigenvalue weighted by atomic mass is 10.1. The van der Waals surface area contributed by atoms with Crippen LogP contribution in [0.5, 0.6) is 0 Å². The Morgan fingerprint density at radius 3 is 2.60 bits per heavy atom. The van der Waals surface area contributed by atoms with E-state index in [1.54, 1.807) is 7.11 Å². The zero-order valence-corrected chi connectivity index (χ0v) is 12.4. The van der Waals surface area contributed by atoms with Crippen LogP contribution in [-0.4, -0.2) is 23.6 Å². The van der Waals surface area contributed by atoms with Gasteiger partial charge in [-0.25, -0.2) is 9.97 Å². The van der Waals surface area contributed by atoms with Crippen LogP contribution in [0.25, 0.3) is 11.3 Å². The first-order chi connectivity index (χ1) is 9.72. The van der Waals surface area contributed by atoms with Crippen molar-refractivity contribution in [1.29, 1.82) is 0 Å². The van der Waals surface area contributed by atoms with Gasteiger partial charge in [0.15, 0.2) is 5.82 Å². The first-order valence-electron chi connectivity index (χ1n) is 6.59. The minimum absolute atomic E-state index is 0.391. The van der Waals surface area contributed by atoms with Crippen LogP contribution in [0, 0.1) is 0 Å². The van der Waals surface area contributed by atoms with E-state index in [2.05, 4.69) is 22.2 Å². The lowest BCUT2D eigenvalue weighted by Crippen LogP contribution is -2.06. The van der Waals surface area contributed by atoms with Crippen molar-refractivity contribution in [3.63, 3.8) is 0 Å². The number of nitrogens with zero attached hydrogens (tertiary/aromatic N) is 2. The highest BCUT2D eigenvalue weighted by atomic mass is 35.5. The number of methoxy groups -OCH3 is 1. The molecule has 0 atom stereocenters. The molecular weight excluding hydrogens is 274 g/mol. The highest BCUT2D eigenvalue weighted by molar-refractivity contribution is 6.30.